The number of rotatable bonds is 3. The average Bonchev–Trinajstić information content (AvgIpc) is 3.03. The van der Waals surface area contributed by atoms with E-state index in [0.717, 1.165) is 25.3 Å². The Kier molecular flexibility index (Phi) is 3.35. The van der Waals surface area contributed by atoms with Gasteiger partial charge in [0.2, 0.25) is 0 Å². The van der Waals surface area contributed by atoms with E-state index in [9.17, 15) is 0 Å². The van der Waals surface area contributed by atoms with E-state index in [0.29, 0.717) is 5.92 Å². The number of ether oxygens (including phenoxy) is 1. The Bertz CT molecular complexity index is 372. The first kappa shape index (κ1) is 12.1. The molecule has 2 fully saturated rings. The van der Waals surface area contributed by atoms with Gasteiger partial charge in [-0.2, -0.15) is 5.10 Å². The van der Waals surface area contributed by atoms with Crippen molar-refractivity contribution in [3.63, 3.8) is 0 Å². The van der Waals surface area contributed by atoms with Crippen LogP contribution in [0, 0.1) is 5.92 Å². The van der Waals surface area contributed by atoms with Crippen LogP contribution >= 0.6 is 0 Å². The number of nitrogens with zero attached hydrogens (tertiary/aromatic N) is 2. The Balaban J connectivity index is 1.74. The highest BCUT2D eigenvalue weighted by molar-refractivity contribution is 5.00. The summed E-state index contributed by atoms with van der Waals surface area (Å²) in [5.74, 6) is 1.55. The van der Waals surface area contributed by atoms with Crippen LogP contribution in [-0.4, -0.2) is 34.4 Å². The van der Waals surface area contributed by atoms with E-state index < -0.39 is 0 Å². The molecule has 1 saturated heterocycles. The van der Waals surface area contributed by atoms with Gasteiger partial charge in [-0.1, -0.05) is 12.8 Å². The van der Waals surface area contributed by atoms with Gasteiger partial charge in [-0.15, -0.1) is 0 Å². The zero-order valence-corrected chi connectivity index (χ0v) is 11.0. The van der Waals surface area contributed by atoms with Gasteiger partial charge >= 0.3 is 0 Å². The lowest BCUT2D eigenvalue weighted by molar-refractivity contribution is -0.0982. The number of hydrogen-bond acceptors (Lipinski definition) is 4. The second kappa shape index (κ2) is 4.97. The molecule has 1 spiro atoms. The van der Waals surface area contributed by atoms with E-state index >= 15 is 0 Å². The molecule has 1 aromatic rings. The van der Waals surface area contributed by atoms with Crippen LogP contribution in [-0.2, 0) is 4.74 Å². The van der Waals surface area contributed by atoms with Crippen LogP contribution in [0.25, 0.3) is 0 Å². The first-order valence-electron chi connectivity index (χ1n) is 6.99. The van der Waals surface area contributed by atoms with Gasteiger partial charge in [-0.25, -0.2) is 4.98 Å². The molecule has 2 N–H and O–H groups in total. The summed E-state index contributed by atoms with van der Waals surface area (Å²) in [6.45, 7) is 0.886. The van der Waals surface area contributed by atoms with Crippen molar-refractivity contribution in [2.24, 2.45) is 5.92 Å². The third kappa shape index (κ3) is 2.17. The SMILES string of the molecule is CNC(c1ncn[nH]1)C1CCOC2(CCCC2)C1. The summed E-state index contributed by atoms with van der Waals surface area (Å²) in [5.41, 5.74) is 0.165. The molecule has 1 aromatic heterocycles. The Morgan fingerprint density at radius 1 is 1.50 bits per heavy atom. The number of nitrogens with one attached hydrogen (secondary N) is 2. The molecular formula is C13H22N4O. The van der Waals surface area contributed by atoms with Crippen LogP contribution in [0.15, 0.2) is 6.33 Å². The minimum absolute atomic E-state index is 0.165. The van der Waals surface area contributed by atoms with Crippen molar-refractivity contribution < 1.29 is 4.74 Å². The monoisotopic (exact) mass is 250 g/mol. The fraction of sp³-hybridized carbons (Fsp3) is 0.846. The van der Waals surface area contributed by atoms with E-state index in [4.69, 9.17) is 4.74 Å². The molecule has 0 amide bonds. The highest BCUT2D eigenvalue weighted by atomic mass is 16.5. The van der Waals surface area contributed by atoms with E-state index in [1.165, 1.54) is 25.7 Å². The quantitative estimate of drug-likeness (QED) is 0.858. The smallest absolute Gasteiger partial charge is 0.141 e. The molecule has 1 aliphatic carbocycles. The molecule has 2 unspecified atom stereocenters. The Labute approximate surface area is 108 Å². The maximum Gasteiger partial charge on any atom is 0.141 e. The number of H-pyrrole nitrogens is 1. The van der Waals surface area contributed by atoms with Gasteiger partial charge in [0, 0.05) is 6.61 Å². The van der Waals surface area contributed by atoms with Crippen molar-refractivity contribution in [1.82, 2.24) is 20.5 Å². The van der Waals surface area contributed by atoms with Crippen molar-refractivity contribution in [2.45, 2.75) is 50.2 Å². The predicted octanol–water partition coefficient (Wildman–Crippen LogP) is 1.80. The molecule has 1 aliphatic heterocycles. The summed E-state index contributed by atoms with van der Waals surface area (Å²) in [4.78, 5) is 4.31. The van der Waals surface area contributed by atoms with Crippen LogP contribution in [0.5, 0.6) is 0 Å². The molecule has 2 atom stereocenters. The highest BCUT2D eigenvalue weighted by Crippen LogP contribution is 2.44. The fourth-order valence-electron chi connectivity index (χ4n) is 3.68. The first-order valence-corrected chi connectivity index (χ1v) is 6.99. The Hall–Kier alpha value is -0.940. The molecule has 5 heteroatoms. The normalized spacial score (nSPS) is 28.6. The van der Waals surface area contributed by atoms with Crippen LogP contribution < -0.4 is 5.32 Å². The number of aromatic nitrogens is 3. The topological polar surface area (TPSA) is 62.8 Å². The molecule has 2 aliphatic rings. The summed E-state index contributed by atoms with van der Waals surface area (Å²) >= 11 is 0. The molecule has 0 radical (unpaired) electrons. The van der Waals surface area contributed by atoms with E-state index in [1.54, 1.807) is 6.33 Å². The van der Waals surface area contributed by atoms with E-state index in [-0.39, 0.29) is 11.6 Å². The lowest BCUT2D eigenvalue weighted by Gasteiger charge is -2.40. The van der Waals surface area contributed by atoms with Crippen LogP contribution in [0.1, 0.15) is 50.4 Å². The maximum absolute atomic E-state index is 6.09. The number of hydrogen-bond donors (Lipinski definition) is 2. The van der Waals surface area contributed by atoms with Gasteiger partial charge < -0.3 is 10.1 Å². The molecule has 100 valence electrons. The van der Waals surface area contributed by atoms with Gasteiger partial charge in [0.25, 0.3) is 0 Å². The van der Waals surface area contributed by atoms with Gasteiger partial charge in [0.1, 0.15) is 12.2 Å². The second-order valence-corrected chi connectivity index (χ2v) is 5.63. The van der Waals surface area contributed by atoms with Crippen LogP contribution in [0.4, 0.5) is 0 Å². The van der Waals surface area contributed by atoms with Crippen LogP contribution in [0.2, 0.25) is 0 Å². The lowest BCUT2D eigenvalue weighted by Crippen LogP contribution is -2.41. The lowest BCUT2D eigenvalue weighted by atomic mass is 9.80. The minimum Gasteiger partial charge on any atom is -0.375 e. The third-order valence-electron chi connectivity index (χ3n) is 4.56. The van der Waals surface area contributed by atoms with Crippen LogP contribution in [0.3, 0.4) is 0 Å². The van der Waals surface area contributed by atoms with E-state index in [1.807, 2.05) is 7.05 Å². The van der Waals surface area contributed by atoms with Gasteiger partial charge in [0.15, 0.2) is 0 Å². The summed E-state index contributed by atoms with van der Waals surface area (Å²) in [6, 6.07) is 0.272. The molecule has 18 heavy (non-hydrogen) atoms. The molecule has 2 heterocycles. The average molecular weight is 250 g/mol. The highest BCUT2D eigenvalue weighted by Gasteiger charge is 2.42. The van der Waals surface area contributed by atoms with Crippen molar-refractivity contribution in [3.8, 4) is 0 Å². The summed E-state index contributed by atoms with van der Waals surface area (Å²) in [7, 11) is 2.00. The van der Waals surface area contributed by atoms with Crippen molar-refractivity contribution in [1.29, 1.82) is 0 Å². The maximum atomic E-state index is 6.09. The van der Waals surface area contributed by atoms with Gasteiger partial charge in [-0.3, -0.25) is 5.10 Å². The summed E-state index contributed by atoms with van der Waals surface area (Å²) < 4.78 is 6.09. The fourth-order valence-corrected chi connectivity index (χ4v) is 3.68. The van der Waals surface area contributed by atoms with Gasteiger partial charge in [0.05, 0.1) is 11.6 Å². The van der Waals surface area contributed by atoms with Gasteiger partial charge in [-0.05, 0) is 38.6 Å². The molecule has 0 aromatic carbocycles. The molecule has 3 rings (SSSR count). The first-order chi connectivity index (χ1) is 8.83. The predicted molar refractivity (Wildman–Crippen MR) is 68.1 cm³/mol. The zero-order valence-electron chi connectivity index (χ0n) is 11.0. The minimum atomic E-state index is 0.165. The van der Waals surface area contributed by atoms with E-state index in [2.05, 4.69) is 20.5 Å². The Morgan fingerprint density at radius 3 is 3.00 bits per heavy atom. The molecular weight excluding hydrogens is 228 g/mol. The molecule has 0 bridgehead atoms. The largest absolute Gasteiger partial charge is 0.375 e. The Morgan fingerprint density at radius 2 is 2.33 bits per heavy atom. The third-order valence-corrected chi connectivity index (χ3v) is 4.56. The molecule has 5 nitrogen and oxygen atoms in total. The van der Waals surface area contributed by atoms with Crippen molar-refractivity contribution in [2.75, 3.05) is 13.7 Å². The zero-order chi connectivity index (χ0) is 12.4. The summed E-state index contributed by atoms with van der Waals surface area (Å²) in [5, 5.41) is 10.4. The number of aromatic amines is 1. The molecule has 1 saturated carbocycles. The standard InChI is InChI=1S/C13H22N4O/c1-14-11(12-15-9-16-17-12)10-4-7-18-13(8-10)5-2-3-6-13/h9-11,14H,2-8H2,1H3,(H,15,16,17). The second-order valence-electron chi connectivity index (χ2n) is 5.63. The van der Waals surface area contributed by atoms with Crippen molar-refractivity contribution >= 4 is 0 Å². The van der Waals surface area contributed by atoms with Crippen molar-refractivity contribution in [3.05, 3.63) is 12.2 Å². The summed E-state index contributed by atoms with van der Waals surface area (Å²) in [6.07, 6.45) is 8.95.